The molecule has 37 heavy (non-hydrogen) atoms. The van der Waals surface area contributed by atoms with Gasteiger partial charge in [0.1, 0.15) is 22.7 Å². The number of Topliss-reactive ketones (excluding diaryl/α,β-unsaturated/α-hetero) is 2. The molecule has 1 heterocycles. The van der Waals surface area contributed by atoms with Crippen molar-refractivity contribution in [1.82, 2.24) is 0 Å². The molecular formula is C31H42O6. The first-order valence-electron chi connectivity index (χ1n) is 12.9. The number of allylic oxidation sites excluding steroid dienone is 7. The van der Waals surface area contributed by atoms with Crippen LogP contribution in [-0.2, 0) is 19.1 Å². The number of aliphatic hydroxyl groups is 1. The molecule has 2 rings (SSSR count). The predicted octanol–water partition coefficient (Wildman–Crippen LogP) is 6.96. The minimum atomic E-state index is -1.27. The number of carboxylic acid groups (broad SMARTS) is 1. The molecule has 6 heteroatoms. The lowest BCUT2D eigenvalue weighted by atomic mass is 9.63. The summed E-state index contributed by atoms with van der Waals surface area (Å²) in [6, 6.07) is 0. The van der Waals surface area contributed by atoms with Gasteiger partial charge in [0.2, 0.25) is 0 Å². The molecule has 1 aliphatic heterocycles. The zero-order chi connectivity index (χ0) is 28.3. The van der Waals surface area contributed by atoms with Crippen molar-refractivity contribution in [3.8, 4) is 0 Å². The van der Waals surface area contributed by atoms with Gasteiger partial charge in [0.15, 0.2) is 11.6 Å². The monoisotopic (exact) mass is 510 g/mol. The largest absolute Gasteiger partial charge is 0.506 e. The smallest absolute Gasteiger partial charge is 0.330 e. The Morgan fingerprint density at radius 3 is 2.30 bits per heavy atom. The summed E-state index contributed by atoms with van der Waals surface area (Å²) < 4.78 is 6.42. The fourth-order valence-corrected chi connectivity index (χ4v) is 4.62. The standard InChI is InChI=1S/C31H42O6/c1-10-20(6)25(32)24-26(33)23-14-15-30(8,9)37-28(23)31(27(24)34,16-13-18(2)3)17-22(19(4)5)12-11-21(7)29(35)36/h11,13-15,20,22,33H,4,10,12,16-17H2,1-3,5-9H3,(H,35,36)/b21-11+/t20-,22-,31-/m1/s1. The van der Waals surface area contributed by atoms with Gasteiger partial charge in [0, 0.05) is 11.5 Å². The van der Waals surface area contributed by atoms with Crippen LogP contribution < -0.4 is 0 Å². The van der Waals surface area contributed by atoms with E-state index in [1.54, 1.807) is 19.1 Å². The fraction of sp³-hybridized carbons (Fsp3) is 0.516. The second-order valence-electron chi connectivity index (χ2n) is 11.3. The van der Waals surface area contributed by atoms with Gasteiger partial charge in [-0.05, 0) is 85.3 Å². The molecule has 0 amide bonds. The van der Waals surface area contributed by atoms with Gasteiger partial charge in [0.05, 0.1) is 11.0 Å². The molecule has 0 aromatic carbocycles. The average molecular weight is 511 g/mol. The lowest BCUT2D eigenvalue weighted by Gasteiger charge is -2.44. The summed E-state index contributed by atoms with van der Waals surface area (Å²) in [4.78, 5) is 39.3. The molecule has 0 unspecified atom stereocenters. The number of ether oxygens (including phenoxy) is 1. The van der Waals surface area contributed by atoms with E-state index < -0.39 is 28.7 Å². The van der Waals surface area contributed by atoms with Crippen LogP contribution in [0.1, 0.15) is 81.1 Å². The molecule has 3 atom stereocenters. The Balaban J connectivity index is 2.84. The Bertz CT molecular complexity index is 1140. The van der Waals surface area contributed by atoms with Gasteiger partial charge in [-0.2, -0.15) is 0 Å². The summed E-state index contributed by atoms with van der Waals surface area (Å²) in [6.07, 6.45) is 8.57. The molecule has 0 saturated carbocycles. The van der Waals surface area contributed by atoms with Crippen molar-refractivity contribution in [2.24, 2.45) is 17.3 Å². The minimum absolute atomic E-state index is 0.180. The van der Waals surface area contributed by atoms with E-state index in [0.717, 1.165) is 11.1 Å². The number of aliphatic hydroxyl groups excluding tert-OH is 1. The Hall–Kier alpha value is -3.15. The number of ketones is 2. The Morgan fingerprint density at radius 1 is 1.16 bits per heavy atom. The Labute approximate surface area is 221 Å². The van der Waals surface area contributed by atoms with E-state index in [1.165, 1.54) is 6.92 Å². The third-order valence-corrected chi connectivity index (χ3v) is 7.35. The second-order valence-corrected chi connectivity index (χ2v) is 11.3. The molecule has 6 nitrogen and oxygen atoms in total. The van der Waals surface area contributed by atoms with Gasteiger partial charge < -0.3 is 14.9 Å². The first kappa shape index (κ1) is 30.1. The normalized spacial score (nSPS) is 22.7. The van der Waals surface area contributed by atoms with E-state index >= 15 is 0 Å². The second kappa shape index (κ2) is 11.5. The van der Waals surface area contributed by atoms with E-state index in [1.807, 2.05) is 53.7 Å². The molecule has 0 saturated heterocycles. The lowest BCUT2D eigenvalue weighted by molar-refractivity contribution is -0.133. The van der Waals surface area contributed by atoms with E-state index in [2.05, 4.69) is 6.58 Å². The fourth-order valence-electron chi connectivity index (χ4n) is 4.62. The number of rotatable bonds is 11. The lowest BCUT2D eigenvalue weighted by Crippen LogP contribution is -2.46. The van der Waals surface area contributed by atoms with Gasteiger partial charge in [-0.25, -0.2) is 4.79 Å². The SMILES string of the molecule is C=C(C)[C@H](C/C=C(\C)C(=O)O)C[C@]1(CC=C(C)C)C(=O)C(C(=O)[C@H](C)CC)=C(O)C2=C1OC(C)(C)C=C2. The van der Waals surface area contributed by atoms with Crippen LogP contribution in [0.15, 0.2) is 70.3 Å². The van der Waals surface area contributed by atoms with E-state index in [-0.39, 0.29) is 41.4 Å². The van der Waals surface area contributed by atoms with Gasteiger partial charge in [-0.1, -0.05) is 43.7 Å². The Morgan fingerprint density at radius 2 is 1.78 bits per heavy atom. The third-order valence-electron chi connectivity index (χ3n) is 7.35. The maximum Gasteiger partial charge on any atom is 0.330 e. The maximum absolute atomic E-state index is 14.5. The number of aliphatic carboxylic acids is 1. The van der Waals surface area contributed by atoms with Crippen molar-refractivity contribution >= 4 is 17.5 Å². The van der Waals surface area contributed by atoms with Crippen molar-refractivity contribution < 1.29 is 29.3 Å². The number of hydrogen-bond acceptors (Lipinski definition) is 5. The highest BCUT2D eigenvalue weighted by molar-refractivity contribution is 6.25. The van der Waals surface area contributed by atoms with Crippen LogP contribution in [-0.4, -0.2) is 33.3 Å². The van der Waals surface area contributed by atoms with E-state index in [4.69, 9.17) is 4.74 Å². The van der Waals surface area contributed by atoms with Gasteiger partial charge in [0.25, 0.3) is 0 Å². The van der Waals surface area contributed by atoms with Crippen molar-refractivity contribution in [3.05, 3.63) is 70.3 Å². The Kier molecular flexibility index (Phi) is 9.34. The van der Waals surface area contributed by atoms with Crippen LogP contribution >= 0.6 is 0 Å². The molecule has 0 fully saturated rings. The molecule has 2 aliphatic rings. The zero-order valence-corrected chi connectivity index (χ0v) is 23.5. The highest BCUT2D eigenvalue weighted by Gasteiger charge is 2.54. The van der Waals surface area contributed by atoms with Crippen LogP contribution in [0.2, 0.25) is 0 Å². The molecule has 202 valence electrons. The molecule has 0 spiro atoms. The van der Waals surface area contributed by atoms with Crippen molar-refractivity contribution in [1.29, 1.82) is 0 Å². The summed E-state index contributed by atoms with van der Waals surface area (Å²) in [6.45, 7) is 18.8. The van der Waals surface area contributed by atoms with Crippen molar-refractivity contribution in [3.63, 3.8) is 0 Å². The zero-order valence-electron chi connectivity index (χ0n) is 23.5. The van der Waals surface area contributed by atoms with Crippen molar-refractivity contribution in [2.45, 2.75) is 86.7 Å². The summed E-state index contributed by atoms with van der Waals surface area (Å²) in [7, 11) is 0. The van der Waals surface area contributed by atoms with Crippen LogP contribution in [0.25, 0.3) is 0 Å². The summed E-state index contributed by atoms with van der Waals surface area (Å²) in [5, 5.41) is 20.6. The minimum Gasteiger partial charge on any atom is -0.506 e. The van der Waals surface area contributed by atoms with Crippen LogP contribution in [0, 0.1) is 17.3 Å². The topological polar surface area (TPSA) is 101 Å². The van der Waals surface area contributed by atoms with Crippen molar-refractivity contribution in [2.75, 3.05) is 0 Å². The predicted molar refractivity (Wildman–Crippen MR) is 146 cm³/mol. The number of carbonyl (C=O) groups is 3. The van der Waals surface area contributed by atoms with Gasteiger partial charge >= 0.3 is 5.97 Å². The first-order chi connectivity index (χ1) is 17.1. The van der Waals surface area contributed by atoms with Gasteiger partial charge in [-0.15, -0.1) is 0 Å². The quantitative estimate of drug-likeness (QED) is 0.177. The third kappa shape index (κ3) is 6.41. The number of hydrogen-bond donors (Lipinski definition) is 2. The van der Waals surface area contributed by atoms with Crippen LogP contribution in [0.4, 0.5) is 0 Å². The van der Waals surface area contributed by atoms with Crippen LogP contribution in [0.5, 0.6) is 0 Å². The summed E-state index contributed by atoms with van der Waals surface area (Å²) >= 11 is 0. The van der Waals surface area contributed by atoms with Crippen LogP contribution in [0.3, 0.4) is 0 Å². The molecule has 2 N–H and O–H groups in total. The van der Waals surface area contributed by atoms with E-state index in [9.17, 15) is 24.6 Å². The first-order valence-corrected chi connectivity index (χ1v) is 12.9. The average Bonchev–Trinajstić information content (AvgIpc) is 2.81. The molecule has 0 bridgehead atoms. The highest BCUT2D eigenvalue weighted by Crippen LogP contribution is 2.52. The molecule has 1 aliphatic carbocycles. The number of carboxylic acids is 1. The van der Waals surface area contributed by atoms with Gasteiger partial charge in [-0.3, -0.25) is 9.59 Å². The summed E-state index contributed by atoms with van der Waals surface area (Å²) in [5.74, 6) is -2.53. The molecular weight excluding hydrogens is 468 g/mol. The molecule has 0 aromatic rings. The number of carbonyl (C=O) groups excluding carboxylic acids is 2. The van der Waals surface area contributed by atoms with E-state index in [0.29, 0.717) is 24.2 Å². The summed E-state index contributed by atoms with van der Waals surface area (Å²) in [5.41, 5.74) is 0.177. The highest BCUT2D eigenvalue weighted by atomic mass is 16.5. The molecule has 0 aromatic heterocycles. The molecule has 0 radical (unpaired) electrons. The maximum atomic E-state index is 14.5.